The molecule has 0 unspecified atom stereocenters. The summed E-state index contributed by atoms with van der Waals surface area (Å²) in [5, 5.41) is 2.18. The first kappa shape index (κ1) is 17.4. The van der Waals surface area contributed by atoms with Crippen LogP contribution < -0.4 is 0 Å². The lowest BCUT2D eigenvalue weighted by atomic mass is 9.90. The van der Waals surface area contributed by atoms with Gasteiger partial charge in [-0.3, -0.25) is 4.79 Å². The fourth-order valence-electron chi connectivity index (χ4n) is 4.12. The summed E-state index contributed by atoms with van der Waals surface area (Å²) in [6.45, 7) is 1.69. The molecule has 1 saturated heterocycles. The minimum atomic E-state index is 0.158. The van der Waals surface area contributed by atoms with Crippen molar-refractivity contribution in [2.45, 2.75) is 19.3 Å². The molecule has 0 N–H and O–H groups in total. The molecule has 0 radical (unpaired) electrons. The van der Waals surface area contributed by atoms with E-state index in [4.69, 9.17) is 4.98 Å². The van der Waals surface area contributed by atoms with Gasteiger partial charge in [-0.25, -0.2) is 4.98 Å². The molecule has 0 aliphatic carbocycles. The molecule has 4 heteroatoms. The van der Waals surface area contributed by atoms with Crippen LogP contribution in [0.2, 0.25) is 0 Å². The van der Waals surface area contributed by atoms with Crippen LogP contribution >= 0.6 is 11.3 Å². The van der Waals surface area contributed by atoms with Crippen molar-refractivity contribution in [1.82, 2.24) is 9.88 Å². The summed E-state index contributed by atoms with van der Waals surface area (Å²) in [6.07, 6.45) is 3.27. The molecule has 0 spiro atoms. The normalized spacial score (nSPS) is 15.4. The summed E-state index contributed by atoms with van der Waals surface area (Å²) < 4.78 is 0. The monoisotopic (exact) mass is 386 g/mol. The lowest BCUT2D eigenvalue weighted by Crippen LogP contribution is -2.38. The number of pyridine rings is 1. The molecule has 140 valence electrons. The van der Waals surface area contributed by atoms with E-state index in [9.17, 15) is 4.79 Å². The molecule has 0 atom stereocenters. The maximum atomic E-state index is 13.0. The number of aromatic nitrogens is 1. The summed E-state index contributed by atoms with van der Waals surface area (Å²) in [6, 6.07) is 22.9. The Morgan fingerprint density at radius 2 is 1.71 bits per heavy atom. The number of hydrogen-bond acceptors (Lipinski definition) is 3. The zero-order valence-corrected chi connectivity index (χ0v) is 16.5. The highest BCUT2D eigenvalue weighted by Crippen LogP contribution is 2.30. The molecule has 3 heterocycles. The number of benzene rings is 2. The van der Waals surface area contributed by atoms with E-state index >= 15 is 0 Å². The highest BCUT2D eigenvalue weighted by molar-refractivity contribution is 7.20. The second kappa shape index (κ2) is 7.36. The first-order valence-electron chi connectivity index (χ1n) is 9.89. The Morgan fingerprint density at radius 3 is 2.54 bits per heavy atom. The predicted octanol–water partition coefficient (Wildman–Crippen LogP) is 5.54. The minimum absolute atomic E-state index is 0.158. The first-order chi connectivity index (χ1) is 13.8. The number of piperidine rings is 1. The van der Waals surface area contributed by atoms with Crippen molar-refractivity contribution in [2.75, 3.05) is 13.1 Å². The average Bonchev–Trinajstić information content (AvgIpc) is 3.15. The Balaban J connectivity index is 1.29. The maximum absolute atomic E-state index is 13.0. The van der Waals surface area contributed by atoms with E-state index in [1.807, 2.05) is 29.2 Å². The van der Waals surface area contributed by atoms with Crippen LogP contribution in [0.15, 0.2) is 66.7 Å². The third kappa shape index (κ3) is 3.40. The van der Waals surface area contributed by atoms with Crippen LogP contribution in [-0.2, 0) is 6.42 Å². The van der Waals surface area contributed by atoms with E-state index in [1.165, 1.54) is 16.9 Å². The van der Waals surface area contributed by atoms with Crippen LogP contribution in [0.4, 0.5) is 0 Å². The number of thiophene rings is 1. The van der Waals surface area contributed by atoms with Crippen LogP contribution in [0.5, 0.6) is 0 Å². The highest BCUT2D eigenvalue weighted by atomic mass is 32.1. The molecule has 2 aromatic carbocycles. The van der Waals surface area contributed by atoms with Gasteiger partial charge in [-0.05, 0) is 48.9 Å². The zero-order valence-electron chi connectivity index (χ0n) is 15.7. The van der Waals surface area contributed by atoms with Gasteiger partial charge in [-0.1, -0.05) is 48.5 Å². The van der Waals surface area contributed by atoms with Gasteiger partial charge in [0.15, 0.2) is 0 Å². The van der Waals surface area contributed by atoms with Crippen molar-refractivity contribution in [3.05, 3.63) is 77.2 Å². The van der Waals surface area contributed by atoms with Gasteiger partial charge in [0, 0.05) is 23.9 Å². The third-order valence-electron chi connectivity index (χ3n) is 5.69. The summed E-state index contributed by atoms with van der Waals surface area (Å²) in [4.78, 5) is 21.5. The van der Waals surface area contributed by atoms with Crippen LogP contribution in [0, 0.1) is 5.92 Å². The molecule has 1 aliphatic rings. The molecule has 1 amide bonds. The minimum Gasteiger partial charge on any atom is -0.338 e. The molecule has 0 bridgehead atoms. The summed E-state index contributed by atoms with van der Waals surface area (Å²) >= 11 is 1.51. The number of amides is 1. The van der Waals surface area contributed by atoms with Gasteiger partial charge < -0.3 is 4.90 Å². The van der Waals surface area contributed by atoms with Crippen LogP contribution in [0.25, 0.3) is 21.1 Å². The van der Waals surface area contributed by atoms with E-state index in [0.717, 1.165) is 58.3 Å². The van der Waals surface area contributed by atoms with Gasteiger partial charge in [0.2, 0.25) is 0 Å². The van der Waals surface area contributed by atoms with E-state index in [0.29, 0.717) is 5.92 Å². The lowest BCUT2D eigenvalue weighted by Gasteiger charge is -2.31. The molecule has 3 nitrogen and oxygen atoms in total. The van der Waals surface area contributed by atoms with E-state index in [1.54, 1.807) is 0 Å². The lowest BCUT2D eigenvalue weighted by molar-refractivity contribution is 0.0695. The Kier molecular flexibility index (Phi) is 4.57. The Morgan fingerprint density at radius 1 is 0.964 bits per heavy atom. The van der Waals surface area contributed by atoms with E-state index in [-0.39, 0.29) is 5.91 Å². The second-order valence-electron chi connectivity index (χ2n) is 7.61. The molecule has 4 aromatic rings. The molecule has 28 heavy (non-hydrogen) atoms. The number of para-hydroxylation sites is 1. The highest BCUT2D eigenvalue weighted by Gasteiger charge is 2.25. The van der Waals surface area contributed by atoms with Gasteiger partial charge in [0.1, 0.15) is 4.83 Å². The Bertz CT molecular complexity index is 1070. The van der Waals surface area contributed by atoms with Gasteiger partial charge in [-0.15, -0.1) is 11.3 Å². The quantitative estimate of drug-likeness (QED) is 0.463. The SMILES string of the molecule is O=C(c1cc2cc3ccccc3nc2s1)N1CCC(Cc2ccccc2)CC1. The summed E-state index contributed by atoms with van der Waals surface area (Å²) in [5.74, 6) is 0.825. The molecule has 1 fully saturated rings. The fourth-order valence-corrected chi connectivity index (χ4v) is 5.11. The molecule has 5 rings (SSSR count). The summed E-state index contributed by atoms with van der Waals surface area (Å²) in [5.41, 5.74) is 2.38. The Hall–Kier alpha value is -2.72. The van der Waals surface area contributed by atoms with E-state index < -0.39 is 0 Å². The number of carbonyl (C=O) groups excluding carboxylic acids is 1. The molecule has 2 aromatic heterocycles. The van der Waals surface area contributed by atoms with Crippen molar-refractivity contribution in [1.29, 1.82) is 0 Å². The standard InChI is InChI=1S/C24H22N2OS/c27-24(26-12-10-18(11-13-26)14-17-6-2-1-3-7-17)22-16-20-15-19-8-4-5-9-21(19)25-23(20)28-22/h1-9,15-16,18H,10-14H2. The van der Waals surface area contributed by atoms with Crippen LogP contribution in [0.3, 0.4) is 0 Å². The number of hydrogen-bond donors (Lipinski definition) is 0. The number of carbonyl (C=O) groups is 1. The molecule has 1 aliphatic heterocycles. The maximum Gasteiger partial charge on any atom is 0.264 e. The van der Waals surface area contributed by atoms with Crippen molar-refractivity contribution >= 4 is 38.4 Å². The third-order valence-corrected chi connectivity index (χ3v) is 6.72. The van der Waals surface area contributed by atoms with Crippen LogP contribution in [0.1, 0.15) is 28.1 Å². The Labute approximate surface area is 168 Å². The zero-order chi connectivity index (χ0) is 18.9. The van der Waals surface area contributed by atoms with Crippen molar-refractivity contribution in [2.24, 2.45) is 5.92 Å². The average molecular weight is 387 g/mol. The van der Waals surface area contributed by atoms with Gasteiger partial charge in [-0.2, -0.15) is 0 Å². The van der Waals surface area contributed by atoms with Gasteiger partial charge in [0.05, 0.1) is 10.4 Å². The predicted molar refractivity (Wildman–Crippen MR) is 116 cm³/mol. The second-order valence-corrected chi connectivity index (χ2v) is 8.64. The topological polar surface area (TPSA) is 33.2 Å². The van der Waals surface area contributed by atoms with Crippen molar-refractivity contribution < 1.29 is 4.79 Å². The number of fused-ring (bicyclic) bond motifs is 2. The number of likely N-dealkylation sites (tertiary alicyclic amines) is 1. The molecule has 0 saturated carbocycles. The van der Waals surface area contributed by atoms with Crippen LogP contribution in [-0.4, -0.2) is 28.9 Å². The van der Waals surface area contributed by atoms with Gasteiger partial charge in [0.25, 0.3) is 5.91 Å². The van der Waals surface area contributed by atoms with E-state index in [2.05, 4.69) is 42.5 Å². The largest absolute Gasteiger partial charge is 0.338 e. The molecular formula is C24H22N2OS. The first-order valence-corrected chi connectivity index (χ1v) is 10.7. The van der Waals surface area contributed by atoms with Crippen molar-refractivity contribution in [3.63, 3.8) is 0 Å². The van der Waals surface area contributed by atoms with Crippen molar-refractivity contribution in [3.8, 4) is 0 Å². The number of rotatable bonds is 3. The number of nitrogens with zero attached hydrogens (tertiary/aromatic N) is 2. The van der Waals surface area contributed by atoms with Gasteiger partial charge >= 0.3 is 0 Å². The summed E-state index contributed by atoms with van der Waals surface area (Å²) in [7, 11) is 0. The smallest absolute Gasteiger partial charge is 0.264 e. The fraction of sp³-hybridized carbons (Fsp3) is 0.250. The molecular weight excluding hydrogens is 364 g/mol.